The molecule has 102 valence electrons. The molecule has 1 unspecified atom stereocenters. The molecule has 2 aromatic rings. The number of amides is 1. The molecule has 1 aromatic carbocycles. The van der Waals surface area contributed by atoms with E-state index in [1.54, 1.807) is 0 Å². The molecule has 1 N–H and O–H groups in total. The second-order valence-corrected chi connectivity index (χ2v) is 5.99. The fraction of sp³-hybridized carbons (Fsp3) is 0.375. The van der Waals surface area contributed by atoms with Crippen molar-refractivity contribution < 1.29 is 4.79 Å². The summed E-state index contributed by atoms with van der Waals surface area (Å²) in [6.45, 7) is 2.73. The lowest BCUT2D eigenvalue weighted by Gasteiger charge is -2.22. The molecule has 1 spiro atoms. The summed E-state index contributed by atoms with van der Waals surface area (Å²) in [5.41, 5.74) is 1.16. The Balaban J connectivity index is 1.62. The van der Waals surface area contributed by atoms with Crippen LogP contribution in [-0.2, 0) is 4.79 Å². The number of para-hydroxylation sites is 1. The van der Waals surface area contributed by atoms with Gasteiger partial charge < -0.3 is 10.2 Å². The Kier molecular flexibility index (Phi) is 2.46. The first kappa shape index (κ1) is 11.7. The minimum Gasteiger partial charge on any atom is -0.356 e. The summed E-state index contributed by atoms with van der Waals surface area (Å²) in [5.74, 6) is 1.22. The Hall–Kier alpha value is -2.10. The largest absolute Gasteiger partial charge is 0.356 e. The normalized spacial score (nSPS) is 25.6. The van der Waals surface area contributed by atoms with Crippen molar-refractivity contribution in [2.45, 2.75) is 12.8 Å². The summed E-state index contributed by atoms with van der Waals surface area (Å²) in [5, 5.41) is 4.14. The molecule has 2 saturated heterocycles. The van der Waals surface area contributed by atoms with Crippen molar-refractivity contribution in [3.05, 3.63) is 36.4 Å². The van der Waals surface area contributed by atoms with Crippen LogP contribution in [0.25, 0.3) is 10.9 Å². The number of carbonyl (C=O) groups excluding carboxylic acids is 1. The highest BCUT2D eigenvalue weighted by atomic mass is 16.1. The average Bonchev–Trinajstić information content (AvgIpc) is 3.05. The van der Waals surface area contributed by atoms with Crippen LogP contribution in [0.1, 0.15) is 12.8 Å². The molecule has 1 amide bonds. The van der Waals surface area contributed by atoms with Crippen LogP contribution in [-0.4, -0.2) is 30.5 Å². The summed E-state index contributed by atoms with van der Waals surface area (Å²) in [6.07, 6.45) is 1.73. The van der Waals surface area contributed by atoms with Gasteiger partial charge in [-0.2, -0.15) is 0 Å². The molecule has 0 radical (unpaired) electrons. The van der Waals surface area contributed by atoms with E-state index in [4.69, 9.17) is 4.98 Å². The fourth-order valence-corrected chi connectivity index (χ4v) is 3.40. The summed E-state index contributed by atoms with van der Waals surface area (Å²) < 4.78 is 0. The Morgan fingerprint density at radius 2 is 2.10 bits per heavy atom. The van der Waals surface area contributed by atoms with Gasteiger partial charge in [0.15, 0.2) is 0 Å². The predicted molar refractivity (Wildman–Crippen MR) is 78.6 cm³/mol. The molecule has 4 nitrogen and oxygen atoms in total. The third-order valence-electron chi connectivity index (χ3n) is 4.54. The molecular weight excluding hydrogens is 250 g/mol. The maximum Gasteiger partial charge on any atom is 0.220 e. The van der Waals surface area contributed by atoms with Crippen molar-refractivity contribution in [3.63, 3.8) is 0 Å². The van der Waals surface area contributed by atoms with Crippen LogP contribution in [0.5, 0.6) is 0 Å². The zero-order valence-electron chi connectivity index (χ0n) is 11.3. The van der Waals surface area contributed by atoms with Gasteiger partial charge in [0, 0.05) is 36.9 Å². The highest BCUT2D eigenvalue weighted by Crippen LogP contribution is 2.38. The van der Waals surface area contributed by atoms with Crippen molar-refractivity contribution in [2.75, 3.05) is 24.5 Å². The molecular formula is C16H17N3O. The van der Waals surface area contributed by atoms with Crippen molar-refractivity contribution in [3.8, 4) is 0 Å². The minimum atomic E-state index is 0.129. The number of benzene rings is 1. The first-order valence-electron chi connectivity index (χ1n) is 7.12. The molecule has 0 aliphatic carbocycles. The van der Waals surface area contributed by atoms with Crippen LogP contribution in [0.15, 0.2) is 36.4 Å². The molecule has 3 heterocycles. The number of nitrogens with one attached hydrogen (secondary N) is 1. The Bertz CT molecular complexity index is 684. The van der Waals surface area contributed by atoms with Gasteiger partial charge in [0.05, 0.1) is 5.52 Å². The van der Waals surface area contributed by atoms with Gasteiger partial charge in [-0.25, -0.2) is 4.98 Å². The van der Waals surface area contributed by atoms with Crippen LogP contribution in [0.4, 0.5) is 5.82 Å². The standard InChI is InChI=1S/C16H17N3O/c20-15-9-16(10-17-15)7-8-19(11-16)14-6-5-12-3-1-2-4-13(12)18-14/h1-6H,7-11H2,(H,17,20). The van der Waals surface area contributed by atoms with Gasteiger partial charge in [0.25, 0.3) is 0 Å². The molecule has 0 bridgehead atoms. The van der Waals surface area contributed by atoms with Crippen molar-refractivity contribution >= 4 is 22.6 Å². The zero-order valence-corrected chi connectivity index (χ0v) is 11.3. The van der Waals surface area contributed by atoms with Gasteiger partial charge in [0.2, 0.25) is 5.91 Å². The third kappa shape index (κ3) is 1.83. The molecule has 20 heavy (non-hydrogen) atoms. The SMILES string of the molecule is O=C1CC2(CCN(c3ccc4ccccc4n3)C2)CN1. The van der Waals surface area contributed by atoms with Gasteiger partial charge in [-0.1, -0.05) is 18.2 Å². The smallest absolute Gasteiger partial charge is 0.220 e. The lowest BCUT2D eigenvalue weighted by molar-refractivity contribution is -0.119. The van der Waals surface area contributed by atoms with Gasteiger partial charge >= 0.3 is 0 Å². The van der Waals surface area contributed by atoms with Gasteiger partial charge in [-0.15, -0.1) is 0 Å². The number of hydrogen-bond donors (Lipinski definition) is 1. The number of aromatic nitrogens is 1. The lowest BCUT2D eigenvalue weighted by atomic mass is 9.86. The van der Waals surface area contributed by atoms with E-state index in [0.29, 0.717) is 6.42 Å². The van der Waals surface area contributed by atoms with Gasteiger partial charge in [0.1, 0.15) is 5.82 Å². The van der Waals surface area contributed by atoms with E-state index in [-0.39, 0.29) is 11.3 Å². The summed E-state index contributed by atoms with van der Waals surface area (Å²) in [7, 11) is 0. The van der Waals surface area contributed by atoms with E-state index in [1.807, 2.05) is 18.2 Å². The predicted octanol–water partition coefficient (Wildman–Crippen LogP) is 1.95. The van der Waals surface area contributed by atoms with E-state index in [9.17, 15) is 4.79 Å². The fourth-order valence-electron chi connectivity index (χ4n) is 3.40. The number of fused-ring (bicyclic) bond motifs is 1. The van der Waals surface area contributed by atoms with E-state index in [2.05, 4.69) is 28.4 Å². The molecule has 0 saturated carbocycles. The number of carbonyl (C=O) groups is 1. The quantitative estimate of drug-likeness (QED) is 0.859. The first-order chi connectivity index (χ1) is 9.74. The Morgan fingerprint density at radius 3 is 2.95 bits per heavy atom. The third-order valence-corrected chi connectivity index (χ3v) is 4.54. The van der Waals surface area contributed by atoms with Crippen LogP contribution in [0.3, 0.4) is 0 Å². The van der Waals surface area contributed by atoms with E-state index >= 15 is 0 Å². The maximum absolute atomic E-state index is 11.5. The number of nitrogens with zero attached hydrogens (tertiary/aromatic N) is 2. The summed E-state index contributed by atoms with van der Waals surface area (Å²) in [6, 6.07) is 12.4. The van der Waals surface area contributed by atoms with Crippen molar-refractivity contribution in [1.82, 2.24) is 10.3 Å². The Morgan fingerprint density at radius 1 is 1.20 bits per heavy atom. The summed E-state index contributed by atoms with van der Waals surface area (Å²) in [4.78, 5) is 18.5. The monoisotopic (exact) mass is 267 g/mol. The molecule has 2 aliphatic rings. The Labute approximate surface area is 117 Å². The highest BCUT2D eigenvalue weighted by Gasteiger charge is 2.44. The van der Waals surface area contributed by atoms with Crippen molar-refractivity contribution in [1.29, 1.82) is 0 Å². The molecule has 2 fully saturated rings. The molecule has 2 aliphatic heterocycles. The van der Waals surface area contributed by atoms with Crippen LogP contribution in [0.2, 0.25) is 0 Å². The topological polar surface area (TPSA) is 45.2 Å². The number of rotatable bonds is 1. The average molecular weight is 267 g/mol. The zero-order chi connectivity index (χ0) is 13.6. The lowest BCUT2D eigenvalue weighted by Crippen LogP contribution is -2.29. The second kappa shape index (κ2) is 4.20. The van der Waals surface area contributed by atoms with Crippen LogP contribution in [0, 0.1) is 5.41 Å². The molecule has 4 rings (SSSR count). The van der Waals surface area contributed by atoms with E-state index < -0.39 is 0 Å². The molecule has 1 atom stereocenters. The van der Waals surface area contributed by atoms with Crippen LogP contribution < -0.4 is 10.2 Å². The summed E-state index contributed by atoms with van der Waals surface area (Å²) >= 11 is 0. The highest BCUT2D eigenvalue weighted by molar-refractivity contribution is 5.81. The molecule has 1 aromatic heterocycles. The van der Waals surface area contributed by atoms with Crippen LogP contribution >= 0.6 is 0 Å². The van der Waals surface area contributed by atoms with Gasteiger partial charge in [-0.05, 0) is 24.6 Å². The maximum atomic E-state index is 11.5. The minimum absolute atomic E-state index is 0.129. The second-order valence-electron chi connectivity index (χ2n) is 5.99. The van der Waals surface area contributed by atoms with E-state index in [1.165, 1.54) is 5.39 Å². The molecule has 4 heteroatoms. The first-order valence-corrected chi connectivity index (χ1v) is 7.12. The number of hydrogen-bond acceptors (Lipinski definition) is 3. The van der Waals surface area contributed by atoms with Crippen molar-refractivity contribution in [2.24, 2.45) is 5.41 Å². The van der Waals surface area contributed by atoms with E-state index in [0.717, 1.165) is 37.4 Å². The van der Waals surface area contributed by atoms with Gasteiger partial charge in [-0.3, -0.25) is 4.79 Å². The number of pyridine rings is 1. The number of anilines is 1.